The number of hydrogen-bond acceptors (Lipinski definition) is 5. The van der Waals surface area contributed by atoms with E-state index in [9.17, 15) is 14.9 Å². The van der Waals surface area contributed by atoms with Crippen LogP contribution in [0.4, 0.5) is 5.69 Å². The first-order chi connectivity index (χ1) is 13.5. The number of carbonyl (C=O) groups excluding carboxylic acids is 2. The lowest BCUT2D eigenvalue weighted by molar-refractivity contribution is -0.123. The van der Waals surface area contributed by atoms with Crippen molar-refractivity contribution < 1.29 is 9.59 Å². The molecule has 150 valence electrons. The fraction of sp³-hybridized carbons (Fsp3) is 0.591. The van der Waals surface area contributed by atoms with Gasteiger partial charge in [-0.25, -0.2) is 0 Å². The van der Waals surface area contributed by atoms with Gasteiger partial charge in [0.2, 0.25) is 5.91 Å². The van der Waals surface area contributed by atoms with Crippen LogP contribution in [0.2, 0.25) is 0 Å². The van der Waals surface area contributed by atoms with Crippen LogP contribution in [0.1, 0.15) is 55.5 Å². The molecule has 0 unspecified atom stereocenters. The zero-order valence-electron chi connectivity index (χ0n) is 16.9. The molecule has 6 nitrogen and oxygen atoms in total. The number of Topliss-reactive ketones (excluding diaryl/α,β-unsaturated/α-hetero) is 1. The first kappa shape index (κ1) is 20.3. The fourth-order valence-electron chi connectivity index (χ4n) is 4.19. The first-order valence-corrected chi connectivity index (χ1v) is 10.3. The van der Waals surface area contributed by atoms with E-state index in [4.69, 9.17) is 0 Å². The maximum atomic E-state index is 12.4. The predicted octanol–water partition coefficient (Wildman–Crippen LogP) is 2.58. The number of piperazine rings is 1. The standard InChI is InChI=1S/C22H30N4O2/c1-16-3-6-19(7-4-16)24-22(28)15-25-9-11-26(12-10-25)21-13-18(14-23)5-8-20(21)17(2)27/h5,8,13,16,19H,3-4,6-7,9-12,15H2,1-2H3,(H,24,28). The monoisotopic (exact) mass is 382 g/mol. The van der Waals surface area contributed by atoms with Crippen molar-refractivity contribution >= 4 is 17.4 Å². The summed E-state index contributed by atoms with van der Waals surface area (Å²) >= 11 is 0. The molecule has 0 spiro atoms. The van der Waals surface area contributed by atoms with Crippen LogP contribution in [-0.4, -0.2) is 55.4 Å². The fourth-order valence-corrected chi connectivity index (χ4v) is 4.19. The highest BCUT2D eigenvalue weighted by molar-refractivity contribution is 6.00. The van der Waals surface area contributed by atoms with Gasteiger partial charge in [-0.3, -0.25) is 14.5 Å². The zero-order chi connectivity index (χ0) is 20.1. The smallest absolute Gasteiger partial charge is 0.234 e. The van der Waals surface area contributed by atoms with Crippen molar-refractivity contribution in [1.82, 2.24) is 10.2 Å². The maximum Gasteiger partial charge on any atom is 0.234 e. The Morgan fingerprint density at radius 3 is 2.43 bits per heavy atom. The highest BCUT2D eigenvalue weighted by Crippen LogP contribution is 2.25. The summed E-state index contributed by atoms with van der Waals surface area (Å²) in [7, 11) is 0. The lowest BCUT2D eigenvalue weighted by atomic mass is 9.87. The summed E-state index contributed by atoms with van der Waals surface area (Å²) in [5.41, 5.74) is 2.03. The second kappa shape index (κ2) is 9.20. The Balaban J connectivity index is 1.53. The molecule has 6 heteroatoms. The summed E-state index contributed by atoms with van der Waals surface area (Å²) in [5, 5.41) is 12.4. The molecule has 28 heavy (non-hydrogen) atoms. The number of nitrogens with zero attached hydrogens (tertiary/aromatic N) is 3. The van der Waals surface area contributed by atoms with E-state index in [1.807, 2.05) is 0 Å². The summed E-state index contributed by atoms with van der Waals surface area (Å²) < 4.78 is 0. The van der Waals surface area contributed by atoms with E-state index in [1.165, 1.54) is 12.8 Å². The van der Waals surface area contributed by atoms with Crippen molar-refractivity contribution in [2.24, 2.45) is 5.92 Å². The minimum atomic E-state index is 0.00287. The summed E-state index contributed by atoms with van der Waals surface area (Å²) in [6, 6.07) is 7.70. The average molecular weight is 383 g/mol. The Labute approximate surface area is 167 Å². The van der Waals surface area contributed by atoms with Crippen LogP contribution < -0.4 is 10.2 Å². The number of ketones is 1. The Morgan fingerprint density at radius 1 is 1.14 bits per heavy atom. The van der Waals surface area contributed by atoms with E-state index < -0.39 is 0 Å². The second-order valence-corrected chi connectivity index (χ2v) is 8.19. The summed E-state index contributed by atoms with van der Waals surface area (Å²) in [6.07, 6.45) is 4.57. The Morgan fingerprint density at radius 2 is 1.82 bits per heavy atom. The maximum absolute atomic E-state index is 12.4. The molecule has 0 atom stereocenters. The van der Waals surface area contributed by atoms with Gasteiger partial charge in [-0.1, -0.05) is 6.92 Å². The third-order valence-corrected chi connectivity index (χ3v) is 5.97. The van der Waals surface area contributed by atoms with Gasteiger partial charge in [0.05, 0.1) is 18.2 Å². The molecule has 1 aromatic rings. The first-order valence-electron chi connectivity index (χ1n) is 10.3. The van der Waals surface area contributed by atoms with E-state index in [-0.39, 0.29) is 11.7 Å². The Kier molecular flexibility index (Phi) is 6.69. The summed E-state index contributed by atoms with van der Waals surface area (Å²) in [6.45, 7) is 7.27. The number of anilines is 1. The molecule has 1 heterocycles. The number of nitrogens with one attached hydrogen (secondary N) is 1. The van der Waals surface area contributed by atoms with Crippen molar-refractivity contribution in [2.75, 3.05) is 37.6 Å². The van der Waals surface area contributed by atoms with Gasteiger partial charge in [0.15, 0.2) is 5.78 Å². The molecule has 0 radical (unpaired) electrons. The topological polar surface area (TPSA) is 76.4 Å². The number of amides is 1. The van der Waals surface area contributed by atoms with Crippen molar-refractivity contribution in [1.29, 1.82) is 5.26 Å². The van der Waals surface area contributed by atoms with Gasteiger partial charge in [0, 0.05) is 43.5 Å². The van der Waals surface area contributed by atoms with Crippen LogP contribution >= 0.6 is 0 Å². The van der Waals surface area contributed by atoms with E-state index in [0.717, 1.165) is 50.6 Å². The highest BCUT2D eigenvalue weighted by Gasteiger charge is 2.24. The number of benzene rings is 1. The van der Waals surface area contributed by atoms with Crippen molar-refractivity contribution in [3.8, 4) is 6.07 Å². The highest BCUT2D eigenvalue weighted by atomic mass is 16.2. The number of carbonyl (C=O) groups is 2. The number of hydrogen-bond donors (Lipinski definition) is 1. The van der Waals surface area contributed by atoms with Crippen molar-refractivity contribution in [3.63, 3.8) is 0 Å². The van der Waals surface area contributed by atoms with Gasteiger partial charge in [-0.2, -0.15) is 5.26 Å². The minimum Gasteiger partial charge on any atom is -0.368 e. The SMILES string of the molecule is CC(=O)c1ccc(C#N)cc1N1CCN(CC(=O)NC2CCC(C)CC2)CC1. The molecule has 1 saturated carbocycles. The third kappa shape index (κ3) is 5.11. The molecular formula is C22H30N4O2. The Hall–Kier alpha value is -2.39. The molecule has 1 aromatic carbocycles. The zero-order valence-corrected chi connectivity index (χ0v) is 16.9. The van der Waals surface area contributed by atoms with Crippen LogP contribution in [-0.2, 0) is 4.79 Å². The summed E-state index contributed by atoms with van der Waals surface area (Å²) in [5.74, 6) is 0.896. The van der Waals surface area contributed by atoms with Crippen LogP contribution in [0.25, 0.3) is 0 Å². The quantitative estimate of drug-likeness (QED) is 0.792. The summed E-state index contributed by atoms with van der Waals surface area (Å²) in [4.78, 5) is 28.7. The van der Waals surface area contributed by atoms with E-state index in [0.29, 0.717) is 23.7 Å². The van der Waals surface area contributed by atoms with Crippen LogP contribution in [0.15, 0.2) is 18.2 Å². The second-order valence-electron chi connectivity index (χ2n) is 8.19. The van der Waals surface area contributed by atoms with Crippen LogP contribution in [0, 0.1) is 17.2 Å². The van der Waals surface area contributed by atoms with E-state index >= 15 is 0 Å². The normalized spacial score (nSPS) is 23.1. The molecule has 1 N–H and O–H groups in total. The molecule has 3 rings (SSSR count). The largest absolute Gasteiger partial charge is 0.368 e. The number of rotatable bonds is 5. The minimum absolute atomic E-state index is 0.00287. The molecule has 1 aliphatic carbocycles. The van der Waals surface area contributed by atoms with Crippen LogP contribution in [0.5, 0.6) is 0 Å². The van der Waals surface area contributed by atoms with Gasteiger partial charge >= 0.3 is 0 Å². The lowest BCUT2D eigenvalue weighted by Gasteiger charge is -2.37. The van der Waals surface area contributed by atoms with Gasteiger partial charge in [0.1, 0.15) is 0 Å². The number of nitriles is 1. The van der Waals surface area contributed by atoms with Crippen LogP contribution in [0.3, 0.4) is 0 Å². The van der Waals surface area contributed by atoms with Gasteiger partial charge < -0.3 is 10.2 Å². The molecule has 1 amide bonds. The Bertz CT molecular complexity index is 754. The lowest BCUT2D eigenvalue weighted by Crippen LogP contribution is -2.51. The predicted molar refractivity (Wildman–Crippen MR) is 109 cm³/mol. The van der Waals surface area contributed by atoms with Gasteiger partial charge in [-0.15, -0.1) is 0 Å². The van der Waals surface area contributed by atoms with Gasteiger partial charge in [0.25, 0.3) is 0 Å². The molecule has 2 fully saturated rings. The molecular weight excluding hydrogens is 352 g/mol. The van der Waals surface area contributed by atoms with E-state index in [1.54, 1.807) is 25.1 Å². The molecule has 0 bridgehead atoms. The average Bonchev–Trinajstić information content (AvgIpc) is 2.69. The van der Waals surface area contributed by atoms with Crippen molar-refractivity contribution in [2.45, 2.75) is 45.6 Å². The van der Waals surface area contributed by atoms with Gasteiger partial charge in [-0.05, 0) is 56.7 Å². The molecule has 2 aliphatic rings. The molecule has 1 saturated heterocycles. The van der Waals surface area contributed by atoms with E-state index in [2.05, 4.69) is 28.1 Å². The molecule has 1 aliphatic heterocycles. The third-order valence-electron chi connectivity index (χ3n) is 5.97. The molecule has 0 aromatic heterocycles. The van der Waals surface area contributed by atoms with Crippen molar-refractivity contribution in [3.05, 3.63) is 29.3 Å².